The first-order chi connectivity index (χ1) is 13.9. The van der Waals surface area contributed by atoms with Crippen molar-refractivity contribution in [3.63, 3.8) is 0 Å². The summed E-state index contributed by atoms with van der Waals surface area (Å²) < 4.78 is 5.46. The second-order valence-corrected chi connectivity index (χ2v) is 8.16. The highest BCUT2D eigenvalue weighted by atomic mass is 35.5. The number of rotatable bonds is 7. The molecular weight excluding hydrogens is 386 g/mol. The molecule has 0 radical (unpaired) electrons. The summed E-state index contributed by atoms with van der Waals surface area (Å²) >= 11 is 5.95. The molecule has 29 heavy (non-hydrogen) atoms. The van der Waals surface area contributed by atoms with Gasteiger partial charge in [0.05, 0.1) is 7.11 Å². The van der Waals surface area contributed by atoms with E-state index >= 15 is 0 Å². The first-order valence-electron chi connectivity index (χ1n) is 10.2. The topological polar surface area (TPSA) is 54.5 Å². The molecule has 0 aliphatic carbocycles. The number of carbonyl (C=O) groups is 1. The molecule has 1 amide bonds. The van der Waals surface area contributed by atoms with Crippen molar-refractivity contribution >= 4 is 17.5 Å². The summed E-state index contributed by atoms with van der Waals surface area (Å²) in [5.74, 6) is 0.764. The Morgan fingerprint density at radius 3 is 2.86 bits per heavy atom. The zero-order chi connectivity index (χ0) is 21.0. The van der Waals surface area contributed by atoms with Crippen LogP contribution in [0.15, 0.2) is 30.5 Å². The van der Waals surface area contributed by atoms with Crippen LogP contribution in [-0.2, 0) is 0 Å². The second-order valence-electron chi connectivity index (χ2n) is 7.72. The maximum atomic E-state index is 12.3. The fraction of sp³-hybridized carbons (Fsp3) is 0.478. The maximum absolute atomic E-state index is 12.3. The first-order valence-corrected chi connectivity index (χ1v) is 10.6. The third-order valence-corrected chi connectivity index (χ3v) is 6.32. The van der Waals surface area contributed by atoms with Gasteiger partial charge in [-0.1, -0.05) is 17.7 Å². The van der Waals surface area contributed by atoms with Crippen LogP contribution in [0.4, 0.5) is 0 Å². The van der Waals surface area contributed by atoms with Gasteiger partial charge in [0.1, 0.15) is 11.4 Å². The second kappa shape index (κ2) is 9.59. The van der Waals surface area contributed by atoms with Gasteiger partial charge >= 0.3 is 0 Å². The van der Waals surface area contributed by atoms with Crippen LogP contribution in [0.25, 0.3) is 0 Å². The van der Waals surface area contributed by atoms with Gasteiger partial charge in [-0.05, 0) is 81.5 Å². The minimum Gasteiger partial charge on any atom is -0.496 e. The van der Waals surface area contributed by atoms with Crippen molar-refractivity contribution in [2.45, 2.75) is 52.1 Å². The predicted octanol–water partition coefficient (Wildman–Crippen LogP) is 4.71. The standard InChI is InChI=1S/C23H30ClN3O2/c1-15-16(2)22(29-4)8-7-20(15)17(3)27-13-5-6-19(27)10-12-26-23(28)21-14-18(24)9-11-25-21/h7-9,11,14,17,19H,5-6,10,12-13H2,1-4H3,(H,26,28). The van der Waals surface area contributed by atoms with E-state index in [0.29, 0.717) is 29.3 Å². The molecule has 156 valence electrons. The van der Waals surface area contributed by atoms with Crippen LogP contribution < -0.4 is 10.1 Å². The lowest BCUT2D eigenvalue weighted by Crippen LogP contribution is -2.36. The Bertz CT molecular complexity index is 871. The lowest BCUT2D eigenvalue weighted by atomic mass is 9.96. The van der Waals surface area contributed by atoms with Crippen molar-refractivity contribution in [3.05, 3.63) is 57.9 Å². The van der Waals surface area contributed by atoms with E-state index in [1.165, 1.54) is 23.1 Å². The minimum absolute atomic E-state index is 0.174. The molecule has 1 N–H and O–H groups in total. The summed E-state index contributed by atoms with van der Waals surface area (Å²) in [7, 11) is 1.72. The summed E-state index contributed by atoms with van der Waals surface area (Å²) in [4.78, 5) is 18.9. The number of nitrogens with zero attached hydrogens (tertiary/aromatic N) is 2. The number of nitrogens with one attached hydrogen (secondary N) is 1. The summed E-state index contributed by atoms with van der Waals surface area (Å²) in [6.45, 7) is 8.28. The molecule has 1 saturated heterocycles. The van der Waals surface area contributed by atoms with Crippen molar-refractivity contribution in [1.29, 1.82) is 0 Å². The molecule has 1 fully saturated rings. The number of benzene rings is 1. The summed E-state index contributed by atoms with van der Waals surface area (Å²) in [6, 6.07) is 8.30. The Balaban J connectivity index is 1.61. The van der Waals surface area contributed by atoms with Crippen LogP contribution in [0, 0.1) is 13.8 Å². The number of hydrogen-bond donors (Lipinski definition) is 1. The first kappa shape index (κ1) is 21.6. The quantitative estimate of drug-likeness (QED) is 0.711. The fourth-order valence-electron chi connectivity index (χ4n) is 4.32. The largest absolute Gasteiger partial charge is 0.496 e. The summed E-state index contributed by atoms with van der Waals surface area (Å²) in [5.41, 5.74) is 4.21. The molecule has 2 heterocycles. The highest BCUT2D eigenvalue weighted by Gasteiger charge is 2.30. The molecular formula is C23H30ClN3O2. The third kappa shape index (κ3) is 4.90. The van der Waals surface area contributed by atoms with Gasteiger partial charge in [-0.15, -0.1) is 0 Å². The lowest BCUT2D eigenvalue weighted by molar-refractivity contribution is 0.0942. The van der Waals surface area contributed by atoms with Gasteiger partial charge in [-0.25, -0.2) is 0 Å². The lowest BCUT2D eigenvalue weighted by Gasteiger charge is -2.32. The molecule has 2 unspecified atom stereocenters. The van der Waals surface area contributed by atoms with E-state index in [0.717, 1.165) is 25.1 Å². The number of amides is 1. The van der Waals surface area contributed by atoms with Crippen molar-refractivity contribution in [3.8, 4) is 5.75 Å². The Kier molecular flexibility index (Phi) is 7.14. The third-order valence-electron chi connectivity index (χ3n) is 6.09. The molecule has 0 saturated carbocycles. The number of likely N-dealkylation sites (tertiary alicyclic amines) is 1. The van der Waals surface area contributed by atoms with E-state index in [9.17, 15) is 4.79 Å². The Morgan fingerprint density at radius 1 is 1.34 bits per heavy atom. The average molecular weight is 416 g/mol. The van der Waals surface area contributed by atoms with E-state index in [2.05, 4.69) is 48.1 Å². The van der Waals surface area contributed by atoms with Gasteiger partial charge in [0, 0.05) is 29.8 Å². The van der Waals surface area contributed by atoms with Crippen LogP contribution in [0.5, 0.6) is 5.75 Å². The average Bonchev–Trinajstić information content (AvgIpc) is 3.18. The fourth-order valence-corrected chi connectivity index (χ4v) is 4.48. The van der Waals surface area contributed by atoms with Crippen LogP contribution >= 0.6 is 11.6 Å². The highest BCUT2D eigenvalue weighted by Crippen LogP contribution is 2.35. The van der Waals surface area contributed by atoms with Gasteiger partial charge in [0.25, 0.3) is 5.91 Å². The van der Waals surface area contributed by atoms with Gasteiger partial charge < -0.3 is 10.1 Å². The number of halogens is 1. The van der Waals surface area contributed by atoms with E-state index in [-0.39, 0.29) is 5.91 Å². The monoisotopic (exact) mass is 415 g/mol. The van der Waals surface area contributed by atoms with Crippen molar-refractivity contribution in [2.24, 2.45) is 0 Å². The Labute approximate surface area is 178 Å². The van der Waals surface area contributed by atoms with Crippen LogP contribution in [-0.4, -0.2) is 42.0 Å². The van der Waals surface area contributed by atoms with Crippen molar-refractivity contribution in [2.75, 3.05) is 20.2 Å². The molecule has 1 aliphatic heterocycles. The number of aromatic nitrogens is 1. The molecule has 1 aliphatic rings. The molecule has 5 nitrogen and oxygen atoms in total. The number of ether oxygens (including phenoxy) is 1. The van der Waals surface area contributed by atoms with Gasteiger partial charge in [0.15, 0.2) is 0 Å². The van der Waals surface area contributed by atoms with Gasteiger partial charge in [-0.3, -0.25) is 14.7 Å². The van der Waals surface area contributed by atoms with Crippen molar-refractivity contribution < 1.29 is 9.53 Å². The Morgan fingerprint density at radius 2 is 2.14 bits per heavy atom. The van der Waals surface area contributed by atoms with E-state index in [4.69, 9.17) is 16.3 Å². The molecule has 0 bridgehead atoms. The van der Waals surface area contributed by atoms with E-state index in [1.807, 2.05) is 0 Å². The molecule has 2 atom stereocenters. The number of carbonyl (C=O) groups excluding carboxylic acids is 1. The summed E-state index contributed by atoms with van der Waals surface area (Å²) in [5, 5.41) is 3.50. The van der Waals surface area contributed by atoms with E-state index in [1.54, 1.807) is 25.4 Å². The maximum Gasteiger partial charge on any atom is 0.269 e. The van der Waals surface area contributed by atoms with Gasteiger partial charge in [0.2, 0.25) is 0 Å². The molecule has 0 spiro atoms. The Hall–Kier alpha value is -2.11. The zero-order valence-electron chi connectivity index (χ0n) is 17.7. The predicted molar refractivity (Wildman–Crippen MR) is 117 cm³/mol. The zero-order valence-corrected chi connectivity index (χ0v) is 18.4. The molecule has 6 heteroatoms. The normalized spacial score (nSPS) is 17.9. The number of pyridine rings is 1. The van der Waals surface area contributed by atoms with Crippen molar-refractivity contribution in [1.82, 2.24) is 15.2 Å². The molecule has 3 rings (SSSR count). The molecule has 1 aromatic carbocycles. The smallest absolute Gasteiger partial charge is 0.269 e. The number of methoxy groups -OCH3 is 1. The number of hydrogen-bond acceptors (Lipinski definition) is 4. The van der Waals surface area contributed by atoms with E-state index < -0.39 is 0 Å². The summed E-state index contributed by atoms with van der Waals surface area (Å²) in [6.07, 6.45) is 4.82. The van der Waals surface area contributed by atoms with Gasteiger partial charge in [-0.2, -0.15) is 0 Å². The minimum atomic E-state index is -0.174. The molecule has 2 aromatic rings. The molecule has 1 aromatic heterocycles. The SMILES string of the molecule is COc1ccc(C(C)N2CCCC2CCNC(=O)c2cc(Cl)ccn2)c(C)c1C. The van der Waals surface area contributed by atoms with Crippen LogP contribution in [0.1, 0.15) is 59.4 Å². The highest BCUT2D eigenvalue weighted by molar-refractivity contribution is 6.30. The van der Waals surface area contributed by atoms with Crippen LogP contribution in [0.3, 0.4) is 0 Å². The van der Waals surface area contributed by atoms with Crippen LogP contribution in [0.2, 0.25) is 5.02 Å².